The first-order valence-electron chi connectivity index (χ1n) is 8.25. The Hall–Kier alpha value is -2.44. The summed E-state index contributed by atoms with van der Waals surface area (Å²) in [6.07, 6.45) is 0. The molecule has 7 heteroatoms. The van der Waals surface area contributed by atoms with Crippen LogP contribution in [0.4, 0.5) is 5.69 Å². The minimum Gasteiger partial charge on any atom is -0.497 e. The molecule has 27 heavy (non-hydrogen) atoms. The van der Waals surface area contributed by atoms with Gasteiger partial charge in [0, 0.05) is 0 Å². The van der Waals surface area contributed by atoms with Crippen LogP contribution in [-0.4, -0.2) is 31.8 Å². The fraction of sp³-hybridized carbons (Fsp3) is 0.200. The molecule has 0 unspecified atom stereocenters. The van der Waals surface area contributed by atoms with Crippen molar-refractivity contribution < 1.29 is 19.1 Å². The number of carbonyl (C=O) groups is 2. The molecule has 0 fully saturated rings. The third kappa shape index (κ3) is 3.55. The summed E-state index contributed by atoms with van der Waals surface area (Å²) in [6, 6.07) is 11.9. The van der Waals surface area contributed by atoms with Gasteiger partial charge in [-0.2, -0.15) is 0 Å². The summed E-state index contributed by atoms with van der Waals surface area (Å²) in [7, 11) is 3.08. The van der Waals surface area contributed by atoms with Crippen molar-refractivity contribution in [1.82, 2.24) is 0 Å². The van der Waals surface area contributed by atoms with Gasteiger partial charge in [-0.05, 0) is 41.6 Å². The third-order valence-corrected chi connectivity index (χ3v) is 5.35. The van der Waals surface area contributed by atoms with E-state index in [4.69, 9.17) is 21.1 Å². The largest absolute Gasteiger partial charge is 0.497 e. The molecule has 0 bridgehead atoms. The summed E-state index contributed by atoms with van der Waals surface area (Å²) in [6.45, 7) is 1.94. The van der Waals surface area contributed by atoms with E-state index in [9.17, 15) is 9.59 Å². The normalized spacial score (nSPS) is 14.1. The quantitative estimate of drug-likeness (QED) is 0.669. The van der Waals surface area contributed by atoms with E-state index in [1.54, 1.807) is 49.6 Å². The molecule has 140 valence electrons. The van der Waals surface area contributed by atoms with Crippen LogP contribution in [0.2, 0.25) is 5.02 Å². The van der Waals surface area contributed by atoms with Crippen molar-refractivity contribution in [1.29, 1.82) is 0 Å². The molecule has 2 aromatic carbocycles. The van der Waals surface area contributed by atoms with Gasteiger partial charge < -0.3 is 9.47 Å². The Morgan fingerprint density at radius 1 is 1.00 bits per heavy atom. The van der Waals surface area contributed by atoms with Crippen molar-refractivity contribution in [3.05, 3.63) is 58.0 Å². The Bertz CT molecular complexity index is 924. The van der Waals surface area contributed by atoms with Crippen LogP contribution >= 0.6 is 23.4 Å². The van der Waals surface area contributed by atoms with Gasteiger partial charge in [-0.15, -0.1) is 11.8 Å². The maximum Gasteiger partial charge on any atom is 0.272 e. The molecule has 0 radical (unpaired) electrons. The molecule has 2 aromatic rings. The molecular formula is C20H18ClNO4S. The first kappa shape index (κ1) is 19.3. The minimum absolute atomic E-state index is 0.332. The summed E-state index contributed by atoms with van der Waals surface area (Å²) in [5.41, 5.74) is 1.47. The highest BCUT2D eigenvalue weighted by Gasteiger charge is 2.40. The first-order chi connectivity index (χ1) is 13.0. The lowest BCUT2D eigenvalue weighted by Crippen LogP contribution is -2.31. The van der Waals surface area contributed by atoms with Gasteiger partial charge in [0.2, 0.25) is 0 Å². The molecule has 0 aromatic heterocycles. The predicted octanol–water partition coefficient (Wildman–Crippen LogP) is 4.39. The van der Waals surface area contributed by atoms with E-state index in [1.807, 2.05) is 6.92 Å². The van der Waals surface area contributed by atoms with Crippen LogP contribution < -0.4 is 14.4 Å². The van der Waals surface area contributed by atoms with Crippen LogP contribution in [0.25, 0.3) is 5.57 Å². The van der Waals surface area contributed by atoms with Gasteiger partial charge in [-0.1, -0.05) is 30.7 Å². The summed E-state index contributed by atoms with van der Waals surface area (Å²) >= 11 is 7.53. The molecule has 1 aliphatic heterocycles. The SMILES string of the molecule is CCSC1=C(c2ccc(OC)cc2)C(=O)N(c2ccc(OC)c(Cl)c2)C1=O. The van der Waals surface area contributed by atoms with E-state index in [-0.39, 0.29) is 11.8 Å². The number of ether oxygens (including phenoxy) is 2. The summed E-state index contributed by atoms with van der Waals surface area (Å²) in [5.74, 6) is 1.11. The van der Waals surface area contributed by atoms with E-state index < -0.39 is 0 Å². The summed E-state index contributed by atoms with van der Waals surface area (Å²) in [4.78, 5) is 27.7. The van der Waals surface area contributed by atoms with Crippen molar-refractivity contribution >= 4 is 46.4 Å². The van der Waals surface area contributed by atoms with Gasteiger partial charge in [0.1, 0.15) is 11.5 Å². The Labute approximate surface area is 166 Å². The lowest BCUT2D eigenvalue weighted by atomic mass is 10.1. The molecule has 0 saturated carbocycles. The number of nitrogens with zero attached hydrogens (tertiary/aromatic N) is 1. The topological polar surface area (TPSA) is 55.8 Å². The number of benzene rings is 2. The van der Waals surface area contributed by atoms with Gasteiger partial charge >= 0.3 is 0 Å². The summed E-state index contributed by atoms with van der Waals surface area (Å²) in [5, 5.41) is 0.332. The van der Waals surface area contributed by atoms with Gasteiger partial charge in [0.25, 0.3) is 11.8 Å². The predicted molar refractivity (Wildman–Crippen MR) is 109 cm³/mol. The molecule has 3 rings (SSSR count). The number of carbonyl (C=O) groups excluding carboxylic acids is 2. The maximum absolute atomic E-state index is 13.2. The lowest BCUT2D eigenvalue weighted by Gasteiger charge is -2.16. The van der Waals surface area contributed by atoms with E-state index in [2.05, 4.69) is 0 Å². The van der Waals surface area contributed by atoms with Gasteiger partial charge in [-0.3, -0.25) is 9.59 Å². The third-order valence-electron chi connectivity index (χ3n) is 4.10. The first-order valence-corrected chi connectivity index (χ1v) is 9.62. The van der Waals surface area contributed by atoms with Crippen LogP contribution in [0.5, 0.6) is 11.5 Å². The number of amides is 2. The second kappa shape index (κ2) is 8.06. The smallest absolute Gasteiger partial charge is 0.272 e. The number of rotatable bonds is 6. The average molecular weight is 404 g/mol. The van der Waals surface area contributed by atoms with Gasteiger partial charge in [-0.25, -0.2) is 4.90 Å². The highest BCUT2D eigenvalue weighted by molar-refractivity contribution is 8.04. The molecule has 1 aliphatic rings. The van der Waals surface area contributed by atoms with Crippen LogP contribution in [0.15, 0.2) is 47.4 Å². The van der Waals surface area contributed by atoms with Crippen LogP contribution in [0.1, 0.15) is 12.5 Å². The Kier molecular flexibility index (Phi) is 5.77. The molecule has 2 amide bonds. The second-order valence-corrected chi connectivity index (χ2v) is 7.31. The zero-order chi connectivity index (χ0) is 19.6. The molecule has 0 atom stereocenters. The molecule has 1 heterocycles. The maximum atomic E-state index is 13.2. The van der Waals surface area contributed by atoms with Gasteiger partial charge in [0.05, 0.1) is 35.4 Å². The Morgan fingerprint density at radius 3 is 2.26 bits per heavy atom. The van der Waals surface area contributed by atoms with Crippen LogP contribution in [0.3, 0.4) is 0 Å². The monoisotopic (exact) mass is 403 g/mol. The van der Waals surface area contributed by atoms with Crippen molar-refractivity contribution in [2.75, 3.05) is 24.9 Å². The zero-order valence-electron chi connectivity index (χ0n) is 15.1. The molecular weight excluding hydrogens is 386 g/mol. The van der Waals surface area contributed by atoms with Crippen LogP contribution in [-0.2, 0) is 9.59 Å². The highest BCUT2D eigenvalue weighted by atomic mass is 35.5. The van der Waals surface area contributed by atoms with Crippen molar-refractivity contribution in [3.8, 4) is 11.5 Å². The number of thioether (sulfide) groups is 1. The molecule has 0 aliphatic carbocycles. The van der Waals surface area contributed by atoms with E-state index >= 15 is 0 Å². The highest BCUT2D eigenvalue weighted by Crippen LogP contribution is 2.40. The number of halogens is 1. The number of anilines is 1. The molecule has 5 nitrogen and oxygen atoms in total. The molecule has 0 spiro atoms. The van der Waals surface area contributed by atoms with E-state index in [1.165, 1.54) is 18.9 Å². The second-order valence-electron chi connectivity index (χ2n) is 5.63. The molecule has 0 saturated heterocycles. The minimum atomic E-state index is -0.373. The zero-order valence-corrected chi connectivity index (χ0v) is 16.7. The van der Waals surface area contributed by atoms with Crippen molar-refractivity contribution in [2.45, 2.75) is 6.92 Å². The number of imide groups is 1. The Morgan fingerprint density at radius 2 is 1.70 bits per heavy atom. The van der Waals surface area contributed by atoms with E-state index in [0.29, 0.717) is 44.0 Å². The number of hydrogen-bond donors (Lipinski definition) is 0. The number of methoxy groups -OCH3 is 2. The van der Waals surface area contributed by atoms with Crippen LogP contribution in [0, 0.1) is 0 Å². The summed E-state index contributed by atoms with van der Waals surface area (Å²) < 4.78 is 10.3. The average Bonchev–Trinajstić information content (AvgIpc) is 2.92. The standard InChI is InChI=1S/C20H18ClNO4S/c1-4-27-18-17(12-5-8-14(25-2)9-6-12)19(23)22(20(18)24)13-7-10-16(26-3)15(21)11-13/h5-11H,4H2,1-3H3. The van der Waals surface area contributed by atoms with Crippen molar-refractivity contribution in [3.63, 3.8) is 0 Å². The number of hydrogen-bond acceptors (Lipinski definition) is 5. The molecule has 0 N–H and O–H groups in total. The van der Waals surface area contributed by atoms with E-state index in [0.717, 1.165) is 4.90 Å². The van der Waals surface area contributed by atoms with Crippen molar-refractivity contribution in [2.24, 2.45) is 0 Å². The Balaban J connectivity index is 2.05. The fourth-order valence-electron chi connectivity index (χ4n) is 2.83. The lowest BCUT2D eigenvalue weighted by molar-refractivity contribution is -0.119. The van der Waals surface area contributed by atoms with Gasteiger partial charge in [0.15, 0.2) is 0 Å². The fourth-order valence-corrected chi connectivity index (χ4v) is 3.93.